The molecule has 0 saturated carbocycles. The van der Waals surface area contributed by atoms with Gasteiger partial charge in [-0.05, 0) is 52.7 Å². The number of carbonyl (C=O) groups is 1. The van der Waals surface area contributed by atoms with Crippen LogP contribution in [-0.2, 0) is 11.4 Å². The van der Waals surface area contributed by atoms with Crippen molar-refractivity contribution in [1.29, 1.82) is 10.5 Å². The van der Waals surface area contributed by atoms with Crippen LogP contribution < -0.4 is 9.47 Å². The Morgan fingerprint density at radius 3 is 2.55 bits per heavy atom. The molecule has 0 bridgehead atoms. The molecule has 1 amide bonds. The smallest absolute Gasteiger partial charge is 0.264 e. The highest BCUT2D eigenvalue weighted by Crippen LogP contribution is 2.38. The standard InChI is InChI=1S/C22H20BrN3O3/c1-4-28-20-11-15(9-18(13-25)22(27)26(2)3)10-19(23)21(20)29-14-17-8-6-5-7-16(17)12-24/h5-11H,4,14H2,1-3H3/b18-9-. The molecule has 0 atom stereocenters. The molecule has 2 rings (SSSR count). The van der Waals surface area contributed by atoms with Gasteiger partial charge >= 0.3 is 0 Å². The Labute approximate surface area is 178 Å². The number of halogens is 1. The first-order chi connectivity index (χ1) is 13.9. The van der Waals surface area contributed by atoms with Crippen molar-refractivity contribution in [3.63, 3.8) is 0 Å². The van der Waals surface area contributed by atoms with Crippen LogP contribution in [0.2, 0.25) is 0 Å². The molecule has 0 aliphatic carbocycles. The SMILES string of the molecule is CCOc1cc(/C=C(/C#N)C(=O)N(C)C)cc(Br)c1OCc1ccccc1C#N. The van der Waals surface area contributed by atoms with Gasteiger partial charge in [0.15, 0.2) is 11.5 Å². The first-order valence-corrected chi connectivity index (χ1v) is 9.61. The summed E-state index contributed by atoms with van der Waals surface area (Å²) in [5, 5.41) is 18.5. The maximum atomic E-state index is 12.1. The molecule has 0 saturated heterocycles. The fraction of sp³-hybridized carbons (Fsp3) is 0.227. The third-order valence-electron chi connectivity index (χ3n) is 3.91. The van der Waals surface area contributed by atoms with Crippen LogP contribution in [0.15, 0.2) is 46.4 Å². The van der Waals surface area contributed by atoms with Crippen LogP contribution in [-0.4, -0.2) is 31.5 Å². The van der Waals surface area contributed by atoms with Crippen molar-refractivity contribution >= 4 is 27.9 Å². The van der Waals surface area contributed by atoms with Crippen molar-refractivity contribution in [2.45, 2.75) is 13.5 Å². The molecule has 0 radical (unpaired) electrons. The summed E-state index contributed by atoms with van der Waals surface area (Å²) in [6.07, 6.45) is 1.50. The number of hydrogen-bond acceptors (Lipinski definition) is 5. The third kappa shape index (κ3) is 5.60. The monoisotopic (exact) mass is 453 g/mol. The van der Waals surface area contributed by atoms with E-state index in [1.54, 1.807) is 38.4 Å². The van der Waals surface area contributed by atoms with Gasteiger partial charge in [0.05, 0.1) is 22.7 Å². The van der Waals surface area contributed by atoms with Crippen molar-refractivity contribution < 1.29 is 14.3 Å². The fourth-order valence-electron chi connectivity index (χ4n) is 2.53. The van der Waals surface area contributed by atoms with Crippen LogP contribution in [0, 0.1) is 22.7 Å². The van der Waals surface area contributed by atoms with Crippen molar-refractivity contribution in [2.75, 3.05) is 20.7 Å². The van der Waals surface area contributed by atoms with Crippen LogP contribution in [0.4, 0.5) is 0 Å². The highest BCUT2D eigenvalue weighted by Gasteiger charge is 2.15. The second kappa shape index (κ2) is 10.3. The highest BCUT2D eigenvalue weighted by atomic mass is 79.9. The molecule has 2 aromatic carbocycles. The second-order valence-electron chi connectivity index (χ2n) is 6.19. The summed E-state index contributed by atoms with van der Waals surface area (Å²) in [6.45, 7) is 2.45. The molecule has 0 unspecified atom stereocenters. The van der Waals surface area contributed by atoms with Crippen molar-refractivity contribution in [3.8, 4) is 23.6 Å². The lowest BCUT2D eigenvalue weighted by Crippen LogP contribution is -2.22. The van der Waals surface area contributed by atoms with Crippen LogP contribution >= 0.6 is 15.9 Å². The number of nitrogens with zero attached hydrogens (tertiary/aromatic N) is 3. The number of hydrogen-bond donors (Lipinski definition) is 0. The van der Waals surface area contributed by atoms with E-state index < -0.39 is 0 Å². The van der Waals surface area contributed by atoms with Gasteiger partial charge in [-0.3, -0.25) is 4.79 Å². The fourth-order valence-corrected chi connectivity index (χ4v) is 3.10. The second-order valence-corrected chi connectivity index (χ2v) is 7.04. The summed E-state index contributed by atoms with van der Waals surface area (Å²) in [6, 6.07) is 14.7. The molecule has 0 aliphatic heterocycles. The van der Waals surface area contributed by atoms with Gasteiger partial charge in [0, 0.05) is 19.7 Å². The molecular formula is C22H20BrN3O3. The molecule has 0 fully saturated rings. The van der Waals surface area contributed by atoms with E-state index in [1.807, 2.05) is 25.1 Å². The van der Waals surface area contributed by atoms with E-state index in [9.17, 15) is 15.3 Å². The maximum Gasteiger partial charge on any atom is 0.264 e. The van der Waals surface area contributed by atoms with Crippen molar-refractivity contribution in [3.05, 3.63) is 63.1 Å². The van der Waals surface area contributed by atoms with E-state index in [2.05, 4.69) is 22.0 Å². The predicted molar refractivity (Wildman–Crippen MR) is 113 cm³/mol. The summed E-state index contributed by atoms with van der Waals surface area (Å²) in [4.78, 5) is 13.4. The zero-order chi connectivity index (χ0) is 21.4. The molecular weight excluding hydrogens is 434 g/mol. The van der Waals surface area contributed by atoms with Crippen LogP contribution in [0.25, 0.3) is 6.08 Å². The van der Waals surface area contributed by atoms with E-state index in [-0.39, 0.29) is 18.1 Å². The quantitative estimate of drug-likeness (QED) is 0.460. The van der Waals surface area contributed by atoms with E-state index in [1.165, 1.54) is 11.0 Å². The minimum Gasteiger partial charge on any atom is -0.490 e. The summed E-state index contributed by atoms with van der Waals surface area (Å²) < 4.78 is 12.2. The average Bonchev–Trinajstić information content (AvgIpc) is 2.71. The van der Waals surface area contributed by atoms with Gasteiger partial charge in [-0.2, -0.15) is 10.5 Å². The van der Waals surface area contributed by atoms with E-state index in [0.717, 1.165) is 5.56 Å². The lowest BCUT2D eigenvalue weighted by atomic mass is 10.1. The Hall–Kier alpha value is -3.29. The van der Waals surface area contributed by atoms with Crippen molar-refractivity contribution in [2.24, 2.45) is 0 Å². The Bertz CT molecular complexity index is 1020. The normalized spacial score (nSPS) is 10.6. The number of ether oxygens (including phenoxy) is 2. The number of carbonyl (C=O) groups excluding carboxylic acids is 1. The highest BCUT2D eigenvalue weighted by molar-refractivity contribution is 9.10. The molecule has 0 aliphatic rings. The lowest BCUT2D eigenvalue weighted by molar-refractivity contribution is -0.124. The average molecular weight is 454 g/mol. The van der Waals surface area contributed by atoms with E-state index in [4.69, 9.17) is 9.47 Å². The number of nitriles is 2. The van der Waals surface area contributed by atoms with E-state index in [0.29, 0.717) is 33.7 Å². The van der Waals surface area contributed by atoms with Gasteiger partial charge in [0.25, 0.3) is 5.91 Å². The van der Waals surface area contributed by atoms with Crippen molar-refractivity contribution in [1.82, 2.24) is 4.90 Å². The maximum absolute atomic E-state index is 12.1. The van der Waals surface area contributed by atoms with Crippen LogP contribution in [0.3, 0.4) is 0 Å². The van der Waals surface area contributed by atoms with Crippen LogP contribution in [0.1, 0.15) is 23.6 Å². The molecule has 6 nitrogen and oxygen atoms in total. The minimum absolute atomic E-state index is 0.0148. The molecule has 29 heavy (non-hydrogen) atoms. The molecule has 0 spiro atoms. The summed E-state index contributed by atoms with van der Waals surface area (Å²) in [5.74, 6) is 0.571. The predicted octanol–water partition coefficient (Wildman–Crippen LogP) is 4.29. The van der Waals surface area contributed by atoms with E-state index >= 15 is 0 Å². The largest absolute Gasteiger partial charge is 0.490 e. The summed E-state index contributed by atoms with van der Waals surface area (Å²) >= 11 is 3.48. The molecule has 148 valence electrons. The van der Waals surface area contributed by atoms with Gasteiger partial charge < -0.3 is 14.4 Å². The Kier molecular flexibility index (Phi) is 7.82. The lowest BCUT2D eigenvalue weighted by Gasteiger charge is -2.15. The molecule has 0 N–H and O–H groups in total. The van der Waals surface area contributed by atoms with Gasteiger partial charge in [-0.25, -0.2) is 0 Å². The number of benzene rings is 2. The molecule has 0 aromatic heterocycles. The molecule has 2 aromatic rings. The van der Waals surface area contributed by atoms with Gasteiger partial charge in [-0.1, -0.05) is 18.2 Å². The number of amides is 1. The Morgan fingerprint density at radius 1 is 1.21 bits per heavy atom. The van der Waals surface area contributed by atoms with Crippen LogP contribution in [0.5, 0.6) is 11.5 Å². The first-order valence-electron chi connectivity index (χ1n) is 8.81. The summed E-state index contributed by atoms with van der Waals surface area (Å²) in [7, 11) is 3.18. The topological polar surface area (TPSA) is 86.3 Å². The van der Waals surface area contributed by atoms with Gasteiger partial charge in [-0.15, -0.1) is 0 Å². The zero-order valence-corrected chi connectivity index (χ0v) is 18.0. The number of rotatable bonds is 7. The third-order valence-corrected chi connectivity index (χ3v) is 4.50. The van der Waals surface area contributed by atoms with Gasteiger partial charge in [0.1, 0.15) is 18.2 Å². The van der Waals surface area contributed by atoms with Gasteiger partial charge in [0.2, 0.25) is 0 Å². The zero-order valence-electron chi connectivity index (χ0n) is 16.4. The summed E-state index contributed by atoms with van der Waals surface area (Å²) in [5.41, 5.74) is 1.94. The molecule has 0 heterocycles. The Balaban J connectivity index is 2.39. The Morgan fingerprint density at radius 2 is 1.93 bits per heavy atom. The minimum atomic E-state index is -0.380. The molecule has 7 heteroatoms. The first kappa shape index (κ1) is 22.0. The number of likely N-dealkylation sites (N-methyl/N-ethyl adjacent to an activating group) is 1.